The van der Waals surface area contributed by atoms with Crippen molar-refractivity contribution in [3.63, 3.8) is 0 Å². The molecule has 1 aromatic rings. The molecule has 2 N–H and O–H groups in total. The first-order valence-electron chi connectivity index (χ1n) is 7.33. The topological polar surface area (TPSA) is 32.3 Å². The van der Waals surface area contributed by atoms with Crippen LogP contribution >= 0.6 is 0 Å². The summed E-state index contributed by atoms with van der Waals surface area (Å²) in [5.74, 6) is 2.26. The summed E-state index contributed by atoms with van der Waals surface area (Å²) in [6.07, 6.45) is 5.58. The van der Waals surface area contributed by atoms with Crippen molar-refractivity contribution >= 4 is 0 Å². The molecule has 0 heterocycles. The molecule has 2 aliphatic carbocycles. The first kappa shape index (κ1) is 12.9. The number of phenolic OH excluding ortho intramolecular Hbond substituents is 1. The van der Waals surface area contributed by atoms with Gasteiger partial charge in [-0.15, -0.1) is 0 Å². The number of nitrogens with one attached hydrogen (secondary N) is 1. The van der Waals surface area contributed by atoms with Gasteiger partial charge in [0.15, 0.2) is 0 Å². The van der Waals surface area contributed by atoms with Crippen LogP contribution in [-0.4, -0.2) is 11.1 Å². The van der Waals surface area contributed by atoms with E-state index in [0.717, 1.165) is 29.4 Å². The highest BCUT2D eigenvalue weighted by Gasteiger charge is 2.41. The Kier molecular flexibility index (Phi) is 3.48. The Morgan fingerprint density at radius 1 is 1.32 bits per heavy atom. The second-order valence-corrected chi connectivity index (χ2v) is 6.33. The molecule has 2 aliphatic rings. The van der Waals surface area contributed by atoms with E-state index >= 15 is 0 Å². The highest BCUT2D eigenvalue weighted by Crippen LogP contribution is 2.49. The minimum Gasteiger partial charge on any atom is -0.508 e. The number of aromatic hydroxyl groups is 1. The summed E-state index contributed by atoms with van der Waals surface area (Å²) in [4.78, 5) is 0. The molecule has 2 fully saturated rings. The summed E-state index contributed by atoms with van der Waals surface area (Å²) in [5.41, 5.74) is 0.813. The normalized spacial score (nSPS) is 30.7. The summed E-state index contributed by atoms with van der Waals surface area (Å²) < 4.78 is 13.2. The summed E-state index contributed by atoms with van der Waals surface area (Å²) in [6, 6.07) is 4.73. The first-order chi connectivity index (χ1) is 9.11. The summed E-state index contributed by atoms with van der Waals surface area (Å²) in [6.45, 7) is 2.87. The summed E-state index contributed by atoms with van der Waals surface area (Å²) in [7, 11) is 0. The number of fused-ring (bicyclic) bond motifs is 2. The van der Waals surface area contributed by atoms with Crippen molar-refractivity contribution in [2.24, 2.45) is 17.8 Å². The van der Waals surface area contributed by atoms with Gasteiger partial charge in [0.1, 0.15) is 11.6 Å². The van der Waals surface area contributed by atoms with E-state index in [1.54, 1.807) is 6.07 Å². The third-order valence-corrected chi connectivity index (χ3v) is 5.01. The molecule has 0 aromatic heterocycles. The second kappa shape index (κ2) is 5.12. The lowest BCUT2D eigenvalue weighted by Gasteiger charge is -2.28. The number of rotatable bonds is 4. The van der Waals surface area contributed by atoms with Crippen LogP contribution in [-0.2, 0) is 6.54 Å². The maximum atomic E-state index is 13.2. The zero-order valence-electron chi connectivity index (χ0n) is 11.4. The fraction of sp³-hybridized carbons (Fsp3) is 0.625. The molecule has 2 bridgehead atoms. The van der Waals surface area contributed by atoms with E-state index in [0.29, 0.717) is 12.6 Å². The van der Waals surface area contributed by atoms with E-state index in [4.69, 9.17) is 0 Å². The molecule has 2 saturated carbocycles. The molecule has 1 aromatic carbocycles. The molecule has 0 amide bonds. The molecule has 3 heteroatoms. The monoisotopic (exact) mass is 263 g/mol. The van der Waals surface area contributed by atoms with Crippen molar-refractivity contribution in [3.05, 3.63) is 29.6 Å². The van der Waals surface area contributed by atoms with Gasteiger partial charge in [-0.05, 0) is 61.6 Å². The molecule has 4 atom stereocenters. The van der Waals surface area contributed by atoms with Crippen molar-refractivity contribution in [2.75, 3.05) is 0 Å². The van der Waals surface area contributed by atoms with Gasteiger partial charge >= 0.3 is 0 Å². The largest absolute Gasteiger partial charge is 0.508 e. The van der Waals surface area contributed by atoms with Gasteiger partial charge in [0, 0.05) is 18.7 Å². The van der Waals surface area contributed by atoms with Crippen LogP contribution in [0.1, 0.15) is 38.2 Å². The molecular formula is C16H22FNO. The predicted octanol–water partition coefficient (Wildman–Crippen LogP) is 3.45. The summed E-state index contributed by atoms with van der Waals surface area (Å²) >= 11 is 0. The van der Waals surface area contributed by atoms with E-state index in [1.807, 2.05) is 0 Å². The smallest absolute Gasteiger partial charge is 0.127 e. The van der Waals surface area contributed by atoms with Gasteiger partial charge in [0.25, 0.3) is 0 Å². The van der Waals surface area contributed by atoms with Gasteiger partial charge in [0.05, 0.1) is 0 Å². The zero-order chi connectivity index (χ0) is 13.4. The number of hydrogen-bond donors (Lipinski definition) is 2. The van der Waals surface area contributed by atoms with Gasteiger partial charge in [0.2, 0.25) is 0 Å². The van der Waals surface area contributed by atoms with Crippen LogP contribution in [0.2, 0.25) is 0 Å². The van der Waals surface area contributed by atoms with Crippen molar-refractivity contribution < 1.29 is 9.50 Å². The van der Waals surface area contributed by atoms with Crippen LogP contribution in [0.4, 0.5) is 4.39 Å². The third kappa shape index (κ3) is 2.76. The lowest BCUT2D eigenvalue weighted by molar-refractivity contribution is 0.259. The maximum absolute atomic E-state index is 13.2. The molecule has 3 rings (SSSR count). The lowest BCUT2D eigenvalue weighted by Crippen LogP contribution is -2.35. The van der Waals surface area contributed by atoms with E-state index in [2.05, 4.69) is 12.2 Å². The van der Waals surface area contributed by atoms with Crippen molar-refractivity contribution in [1.82, 2.24) is 5.32 Å². The SMILES string of the molecule is CC(NCc1cc(O)cc(F)c1)C1CC2CCC1C2. The van der Waals surface area contributed by atoms with Gasteiger partial charge in [-0.2, -0.15) is 0 Å². The van der Waals surface area contributed by atoms with Crippen LogP contribution in [0, 0.1) is 23.6 Å². The van der Waals surface area contributed by atoms with Gasteiger partial charge in [-0.25, -0.2) is 4.39 Å². The highest BCUT2D eigenvalue weighted by atomic mass is 19.1. The highest BCUT2D eigenvalue weighted by molar-refractivity contribution is 5.28. The average Bonchev–Trinajstić information content (AvgIpc) is 2.97. The van der Waals surface area contributed by atoms with Gasteiger partial charge < -0.3 is 10.4 Å². The van der Waals surface area contributed by atoms with Crippen LogP contribution < -0.4 is 5.32 Å². The third-order valence-electron chi connectivity index (χ3n) is 5.01. The van der Waals surface area contributed by atoms with Crippen LogP contribution in [0.3, 0.4) is 0 Å². The van der Waals surface area contributed by atoms with Gasteiger partial charge in [-0.1, -0.05) is 6.42 Å². The summed E-state index contributed by atoms with van der Waals surface area (Å²) in [5, 5.41) is 12.9. The molecule has 0 radical (unpaired) electrons. The quantitative estimate of drug-likeness (QED) is 0.872. The molecule has 104 valence electrons. The maximum Gasteiger partial charge on any atom is 0.127 e. The van der Waals surface area contributed by atoms with Crippen molar-refractivity contribution in [1.29, 1.82) is 0 Å². The van der Waals surface area contributed by atoms with Crippen LogP contribution in [0.25, 0.3) is 0 Å². The van der Waals surface area contributed by atoms with E-state index in [9.17, 15) is 9.50 Å². The fourth-order valence-corrected chi connectivity index (χ4v) is 4.07. The van der Waals surface area contributed by atoms with Crippen molar-refractivity contribution in [2.45, 2.75) is 45.2 Å². The first-order valence-corrected chi connectivity index (χ1v) is 7.33. The predicted molar refractivity (Wildman–Crippen MR) is 73.3 cm³/mol. The van der Waals surface area contributed by atoms with Crippen LogP contribution in [0.5, 0.6) is 5.75 Å². The molecule has 2 nitrogen and oxygen atoms in total. The molecule has 19 heavy (non-hydrogen) atoms. The Bertz CT molecular complexity index is 442. The fourth-order valence-electron chi connectivity index (χ4n) is 4.07. The van der Waals surface area contributed by atoms with Gasteiger partial charge in [-0.3, -0.25) is 0 Å². The Balaban J connectivity index is 1.57. The number of hydrogen-bond acceptors (Lipinski definition) is 2. The minimum absolute atomic E-state index is 0.00405. The van der Waals surface area contributed by atoms with E-state index < -0.39 is 0 Å². The number of benzene rings is 1. The molecule has 0 spiro atoms. The Morgan fingerprint density at radius 2 is 2.16 bits per heavy atom. The second-order valence-electron chi connectivity index (χ2n) is 6.33. The Labute approximate surface area is 114 Å². The standard InChI is InChI=1S/C16H22FNO/c1-10(16-7-11-2-3-13(16)4-11)18-9-12-5-14(17)8-15(19)6-12/h5-6,8,10-11,13,16,18-19H,2-4,7,9H2,1H3. The minimum atomic E-state index is -0.371. The Morgan fingerprint density at radius 3 is 2.79 bits per heavy atom. The molecule has 4 unspecified atom stereocenters. The Hall–Kier alpha value is -1.09. The molecular weight excluding hydrogens is 241 g/mol. The molecule has 0 saturated heterocycles. The molecule has 0 aliphatic heterocycles. The zero-order valence-corrected chi connectivity index (χ0v) is 11.4. The van der Waals surface area contributed by atoms with Crippen LogP contribution in [0.15, 0.2) is 18.2 Å². The van der Waals surface area contributed by atoms with E-state index in [-0.39, 0.29) is 11.6 Å². The number of phenols is 1. The van der Waals surface area contributed by atoms with E-state index in [1.165, 1.54) is 31.7 Å². The number of halogens is 1. The van der Waals surface area contributed by atoms with Crippen molar-refractivity contribution in [3.8, 4) is 5.75 Å². The lowest BCUT2D eigenvalue weighted by atomic mass is 9.84. The average molecular weight is 263 g/mol.